The summed E-state index contributed by atoms with van der Waals surface area (Å²) < 4.78 is 23.3. The summed E-state index contributed by atoms with van der Waals surface area (Å²) in [6.45, 7) is 3.98. The van der Waals surface area contributed by atoms with Gasteiger partial charge in [0.1, 0.15) is 0 Å². The van der Waals surface area contributed by atoms with Crippen LogP contribution in [0, 0.1) is 10.1 Å². The summed E-state index contributed by atoms with van der Waals surface area (Å²) in [5, 5.41) is 13.7. The summed E-state index contributed by atoms with van der Waals surface area (Å²) in [6.07, 6.45) is 6.10. The maximum atomic E-state index is 12.3. The molecular formula is C16H24N2O5S. The number of benzene rings is 1. The number of nitro groups is 1. The molecule has 1 N–H and O–H groups in total. The largest absolute Gasteiger partial charge is 0.350 e. The Labute approximate surface area is 142 Å². The van der Waals surface area contributed by atoms with Gasteiger partial charge in [-0.2, -0.15) is 0 Å². The average molecular weight is 356 g/mol. The van der Waals surface area contributed by atoms with E-state index in [1.165, 1.54) is 6.07 Å². The SMILES string of the molecule is CCCCCCC(C)NC(=O)c1cc([N+](=O)[O-])cc(S(C)(=O)=O)c1. The van der Waals surface area contributed by atoms with E-state index in [4.69, 9.17) is 0 Å². The standard InChI is InChI=1S/C16H24N2O5S/c1-4-5-6-7-8-12(2)17-16(19)13-9-14(18(20)21)11-15(10-13)24(3,22)23/h9-12H,4-8H2,1-3H3,(H,17,19). The molecule has 0 aliphatic heterocycles. The van der Waals surface area contributed by atoms with E-state index in [0.29, 0.717) is 0 Å². The molecule has 0 spiro atoms. The number of nitro benzene ring substituents is 1. The molecule has 1 unspecified atom stereocenters. The van der Waals surface area contributed by atoms with E-state index in [1.807, 2.05) is 6.92 Å². The van der Waals surface area contributed by atoms with Gasteiger partial charge in [0.2, 0.25) is 0 Å². The van der Waals surface area contributed by atoms with Gasteiger partial charge in [-0.25, -0.2) is 8.42 Å². The first kappa shape index (κ1) is 20.1. The van der Waals surface area contributed by atoms with Crippen LogP contribution >= 0.6 is 0 Å². The molecule has 1 rings (SSSR count). The molecular weight excluding hydrogens is 332 g/mol. The van der Waals surface area contributed by atoms with Crippen LogP contribution in [-0.4, -0.2) is 31.5 Å². The first-order valence-corrected chi connectivity index (χ1v) is 9.84. The molecule has 0 saturated heterocycles. The Kier molecular flexibility index (Phi) is 7.34. The maximum absolute atomic E-state index is 12.3. The summed E-state index contributed by atoms with van der Waals surface area (Å²) in [5.74, 6) is -0.508. The van der Waals surface area contributed by atoms with Gasteiger partial charge < -0.3 is 5.32 Å². The molecule has 0 fully saturated rings. The van der Waals surface area contributed by atoms with E-state index in [0.717, 1.165) is 50.5 Å². The normalized spacial score (nSPS) is 12.6. The van der Waals surface area contributed by atoms with E-state index < -0.39 is 26.4 Å². The highest BCUT2D eigenvalue weighted by molar-refractivity contribution is 7.90. The van der Waals surface area contributed by atoms with Crippen LogP contribution < -0.4 is 5.32 Å². The monoisotopic (exact) mass is 356 g/mol. The number of hydrogen-bond donors (Lipinski definition) is 1. The van der Waals surface area contributed by atoms with E-state index in [-0.39, 0.29) is 16.5 Å². The molecule has 0 bridgehead atoms. The number of carbonyl (C=O) groups is 1. The Morgan fingerprint density at radius 1 is 1.25 bits per heavy atom. The molecule has 1 aromatic carbocycles. The highest BCUT2D eigenvalue weighted by Crippen LogP contribution is 2.21. The van der Waals surface area contributed by atoms with Gasteiger partial charge in [-0.1, -0.05) is 32.6 Å². The molecule has 0 radical (unpaired) electrons. The second kappa shape index (κ2) is 8.77. The minimum absolute atomic E-state index is 0.0231. The van der Waals surface area contributed by atoms with Gasteiger partial charge in [-0.05, 0) is 19.4 Å². The van der Waals surface area contributed by atoms with Crippen molar-refractivity contribution in [1.82, 2.24) is 5.32 Å². The van der Waals surface area contributed by atoms with Crippen molar-refractivity contribution in [2.45, 2.75) is 56.9 Å². The maximum Gasteiger partial charge on any atom is 0.271 e. The predicted molar refractivity (Wildman–Crippen MR) is 91.9 cm³/mol. The van der Waals surface area contributed by atoms with Crippen molar-refractivity contribution < 1.29 is 18.1 Å². The summed E-state index contributed by atoms with van der Waals surface area (Å²) in [6, 6.07) is 3.13. The fourth-order valence-electron chi connectivity index (χ4n) is 2.29. The topological polar surface area (TPSA) is 106 Å². The average Bonchev–Trinajstić information content (AvgIpc) is 2.50. The van der Waals surface area contributed by atoms with Gasteiger partial charge in [0.25, 0.3) is 11.6 Å². The Morgan fingerprint density at radius 2 is 1.92 bits per heavy atom. The number of nitrogens with zero attached hydrogens (tertiary/aromatic N) is 1. The molecule has 0 saturated carbocycles. The third-order valence-corrected chi connectivity index (χ3v) is 4.75. The summed E-state index contributed by atoms with van der Waals surface area (Å²) in [5.41, 5.74) is -0.441. The van der Waals surface area contributed by atoms with Gasteiger partial charge >= 0.3 is 0 Å². The van der Waals surface area contributed by atoms with Crippen molar-refractivity contribution in [3.63, 3.8) is 0 Å². The van der Waals surface area contributed by atoms with Crippen LogP contribution in [0.3, 0.4) is 0 Å². The first-order valence-electron chi connectivity index (χ1n) is 7.95. The first-order chi connectivity index (χ1) is 11.1. The lowest BCUT2D eigenvalue weighted by Crippen LogP contribution is -2.32. The molecule has 1 atom stereocenters. The lowest BCUT2D eigenvalue weighted by atomic mass is 10.1. The summed E-state index contributed by atoms with van der Waals surface area (Å²) in [7, 11) is -3.65. The van der Waals surface area contributed by atoms with Gasteiger partial charge in [-0.15, -0.1) is 0 Å². The molecule has 1 amide bonds. The fraction of sp³-hybridized carbons (Fsp3) is 0.562. The Balaban J connectivity index is 2.90. The third kappa shape index (κ3) is 6.27. The van der Waals surface area contributed by atoms with Crippen molar-refractivity contribution >= 4 is 21.4 Å². The third-order valence-electron chi connectivity index (χ3n) is 3.66. The number of sulfone groups is 1. The zero-order chi connectivity index (χ0) is 18.3. The minimum atomic E-state index is -3.65. The van der Waals surface area contributed by atoms with Crippen LogP contribution in [0.5, 0.6) is 0 Å². The van der Waals surface area contributed by atoms with Crippen molar-refractivity contribution in [2.24, 2.45) is 0 Å². The molecule has 8 heteroatoms. The van der Waals surface area contributed by atoms with Crippen LogP contribution in [0.4, 0.5) is 5.69 Å². The van der Waals surface area contributed by atoms with Gasteiger partial charge in [0.05, 0.1) is 9.82 Å². The molecule has 24 heavy (non-hydrogen) atoms. The van der Waals surface area contributed by atoms with Crippen LogP contribution in [0.1, 0.15) is 56.3 Å². The lowest BCUT2D eigenvalue weighted by Gasteiger charge is -2.14. The second-order valence-electron chi connectivity index (χ2n) is 5.97. The van der Waals surface area contributed by atoms with E-state index in [1.54, 1.807) is 0 Å². The van der Waals surface area contributed by atoms with Crippen molar-refractivity contribution in [3.05, 3.63) is 33.9 Å². The molecule has 0 aliphatic carbocycles. The highest BCUT2D eigenvalue weighted by Gasteiger charge is 2.19. The molecule has 7 nitrogen and oxygen atoms in total. The number of rotatable bonds is 9. The quantitative estimate of drug-likeness (QED) is 0.416. The smallest absolute Gasteiger partial charge is 0.271 e. The van der Waals surface area contributed by atoms with Gasteiger partial charge in [-0.3, -0.25) is 14.9 Å². The summed E-state index contributed by atoms with van der Waals surface area (Å²) >= 11 is 0. The number of unbranched alkanes of at least 4 members (excludes halogenated alkanes) is 3. The highest BCUT2D eigenvalue weighted by atomic mass is 32.2. The minimum Gasteiger partial charge on any atom is -0.350 e. The van der Waals surface area contributed by atoms with Gasteiger partial charge in [0.15, 0.2) is 9.84 Å². The summed E-state index contributed by atoms with van der Waals surface area (Å²) in [4.78, 5) is 22.3. The van der Waals surface area contributed by atoms with Crippen LogP contribution in [-0.2, 0) is 9.84 Å². The second-order valence-corrected chi connectivity index (χ2v) is 7.98. The predicted octanol–water partition coefficient (Wildman–Crippen LogP) is 3.09. The number of hydrogen-bond acceptors (Lipinski definition) is 5. The molecule has 1 aromatic rings. The molecule has 0 aromatic heterocycles. The van der Waals surface area contributed by atoms with Crippen LogP contribution in [0.15, 0.2) is 23.1 Å². The van der Waals surface area contributed by atoms with Gasteiger partial charge in [0, 0.05) is 30.0 Å². The van der Waals surface area contributed by atoms with Crippen LogP contribution in [0.2, 0.25) is 0 Å². The Hall–Kier alpha value is -1.96. The zero-order valence-corrected chi connectivity index (χ0v) is 15.1. The van der Waals surface area contributed by atoms with E-state index >= 15 is 0 Å². The van der Waals surface area contributed by atoms with Crippen molar-refractivity contribution in [3.8, 4) is 0 Å². The Morgan fingerprint density at radius 3 is 2.46 bits per heavy atom. The molecule has 0 aliphatic rings. The number of nitrogens with one attached hydrogen (secondary N) is 1. The van der Waals surface area contributed by atoms with Crippen molar-refractivity contribution in [1.29, 1.82) is 0 Å². The number of amides is 1. The molecule has 134 valence electrons. The Bertz CT molecular complexity index is 700. The molecule has 0 heterocycles. The zero-order valence-electron chi connectivity index (χ0n) is 14.2. The number of non-ortho nitro benzene ring substituents is 1. The lowest BCUT2D eigenvalue weighted by molar-refractivity contribution is -0.385. The van der Waals surface area contributed by atoms with Crippen molar-refractivity contribution in [2.75, 3.05) is 6.26 Å². The van der Waals surface area contributed by atoms with Crippen LogP contribution in [0.25, 0.3) is 0 Å². The van der Waals surface area contributed by atoms with E-state index in [2.05, 4.69) is 12.2 Å². The fourth-order valence-corrected chi connectivity index (χ4v) is 2.97. The van der Waals surface area contributed by atoms with E-state index in [9.17, 15) is 23.3 Å². The number of carbonyl (C=O) groups excluding carboxylic acids is 1.